The molecule has 4 nitrogen and oxygen atoms in total. The number of hydrogen-bond donors (Lipinski definition) is 0. The molecule has 0 spiro atoms. The van der Waals surface area contributed by atoms with Gasteiger partial charge in [-0.2, -0.15) is 5.26 Å². The number of likely N-dealkylation sites (N-methyl/N-ethyl adjacent to an activating group) is 1. The molecule has 1 aromatic carbocycles. The quantitative estimate of drug-likeness (QED) is 0.794. The van der Waals surface area contributed by atoms with Crippen molar-refractivity contribution >= 4 is 16.7 Å². The van der Waals surface area contributed by atoms with Crippen molar-refractivity contribution in [1.82, 2.24) is 9.88 Å². The van der Waals surface area contributed by atoms with Gasteiger partial charge in [0.15, 0.2) is 0 Å². The number of fused-ring (bicyclic) bond motifs is 1. The SMILES string of the molecule is CC1CN(C)CCN1c1cc(C#N)c2ccccc2n1. The highest BCUT2D eigenvalue weighted by Gasteiger charge is 2.23. The minimum Gasteiger partial charge on any atom is -0.351 e. The molecule has 0 bridgehead atoms. The number of anilines is 1. The molecule has 2 heterocycles. The zero-order valence-electron chi connectivity index (χ0n) is 11.9. The van der Waals surface area contributed by atoms with Crippen molar-refractivity contribution in [2.45, 2.75) is 13.0 Å². The number of benzene rings is 1. The summed E-state index contributed by atoms with van der Waals surface area (Å²) in [5, 5.41) is 10.3. The number of piperazine rings is 1. The van der Waals surface area contributed by atoms with Gasteiger partial charge < -0.3 is 9.80 Å². The molecule has 0 amide bonds. The maximum absolute atomic E-state index is 9.36. The third kappa shape index (κ3) is 2.21. The second-order valence-corrected chi connectivity index (χ2v) is 5.46. The van der Waals surface area contributed by atoms with Crippen molar-refractivity contribution in [3.8, 4) is 6.07 Å². The molecule has 0 saturated carbocycles. The average Bonchev–Trinajstić information content (AvgIpc) is 2.46. The van der Waals surface area contributed by atoms with Crippen LogP contribution in [0.4, 0.5) is 5.82 Å². The number of rotatable bonds is 1. The Morgan fingerprint density at radius 3 is 2.85 bits per heavy atom. The second kappa shape index (κ2) is 5.10. The van der Waals surface area contributed by atoms with E-state index in [-0.39, 0.29) is 0 Å². The number of hydrogen-bond acceptors (Lipinski definition) is 4. The third-order valence-corrected chi connectivity index (χ3v) is 3.95. The van der Waals surface area contributed by atoms with Gasteiger partial charge in [-0.3, -0.25) is 0 Å². The number of pyridine rings is 1. The fourth-order valence-electron chi connectivity index (χ4n) is 2.88. The van der Waals surface area contributed by atoms with Gasteiger partial charge in [0.1, 0.15) is 5.82 Å². The van der Waals surface area contributed by atoms with Crippen LogP contribution in [0, 0.1) is 11.3 Å². The Morgan fingerprint density at radius 1 is 1.30 bits per heavy atom. The van der Waals surface area contributed by atoms with Crippen molar-refractivity contribution in [2.24, 2.45) is 0 Å². The molecule has 1 saturated heterocycles. The monoisotopic (exact) mass is 266 g/mol. The second-order valence-electron chi connectivity index (χ2n) is 5.46. The van der Waals surface area contributed by atoms with Crippen LogP contribution in [0.2, 0.25) is 0 Å². The molecule has 20 heavy (non-hydrogen) atoms. The van der Waals surface area contributed by atoms with E-state index >= 15 is 0 Å². The summed E-state index contributed by atoms with van der Waals surface area (Å²) in [5.74, 6) is 0.917. The molecule has 1 fully saturated rings. The Morgan fingerprint density at radius 2 is 2.10 bits per heavy atom. The Hall–Kier alpha value is -2.12. The van der Waals surface area contributed by atoms with E-state index in [9.17, 15) is 5.26 Å². The zero-order valence-corrected chi connectivity index (χ0v) is 11.9. The molecular weight excluding hydrogens is 248 g/mol. The van der Waals surface area contributed by atoms with Crippen LogP contribution in [0.1, 0.15) is 12.5 Å². The number of nitriles is 1. The molecule has 3 rings (SSSR count). The van der Waals surface area contributed by atoms with E-state index in [0.29, 0.717) is 11.6 Å². The highest BCUT2D eigenvalue weighted by molar-refractivity contribution is 5.86. The summed E-state index contributed by atoms with van der Waals surface area (Å²) in [5.41, 5.74) is 1.60. The van der Waals surface area contributed by atoms with Crippen molar-refractivity contribution < 1.29 is 0 Å². The van der Waals surface area contributed by atoms with E-state index in [4.69, 9.17) is 4.98 Å². The zero-order chi connectivity index (χ0) is 14.1. The summed E-state index contributed by atoms with van der Waals surface area (Å²) in [6.07, 6.45) is 0. The van der Waals surface area contributed by atoms with E-state index in [2.05, 4.69) is 29.8 Å². The number of aromatic nitrogens is 1. The van der Waals surface area contributed by atoms with Crippen LogP contribution in [0.25, 0.3) is 10.9 Å². The van der Waals surface area contributed by atoms with Crippen LogP contribution < -0.4 is 4.90 Å². The fraction of sp³-hybridized carbons (Fsp3) is 0.375. The summed E-state index contributed by atoms with van der Waals surface area (Å²) in [4.78, 5) is 9.36. The van der Waals surface area contributed by atoms with Crippen LogP contribution in [0.3, 0.4) is 0 Å². The van der Waals surface area contributed by atoms with Gasteiger partial charge in [-0.15, -0.1) is 0 Å². The Kier molecular flexibility index (Phi) is 3.29. The van der Waals surface area contributed by atoms with Gasteiger partial charge in [0, 0.05) is 31.1 Å². The van der Waals surface area contributed by atoms with E-state index in [0.717, 1.165) is 36.4 Å². The van der Waals surface area contributed by atoms with Crippen molar-refractivity contribution in [3.05, 3.63) is 35.9 Å². The lowest BCUT2D eigenvalue weighted by atomic mass is 10.1. The minimum absolute atomic E-state index is 0.411. The fourth-order valence-corrected chi connectivity index (χ4v) is 2.88. The molecule has 4 heteroatoms. The van der Waals surface area contributed by atoms with Crippen molar-refractivity contribution in [1.29, 1.82) is 5.26 Å². The highest BCUT2D eigenvalue weighted by atomic mass is 15.3. The first-order valence-electron chi connectivity index (χ1n) is 6.94. The summed E-state index contributed by atoms with van der Waals surface area (Å²) < 4.78 is 0. The first kappa shape index (κ1) is 12.9. The lowest BCUT2D eigenvalue weighted by Gasteiger charge is -2.39. The van der Waals surface area contributed by atoms with E-state index in [1.165, 1.54) is 0 Å². The van der Waals surface area contributed by atoms with Gasteiger partial charge in [0.25, 0.3) is 0 Å². The lowest BCUT2D eigenvalue weighted by molar-refractivity contribution is 0.275. The normalized spacial score (nSPS) is 20.1. The molecule has 1 aliphatic rings. The molecule has 0 N–H and O–H groups in total. The summed E-state index contributed by atoms with van der Waals surface area (Å²) >= 11 is 0. The molecule has 0 aliphatic carbocycles. The molecule has 1 aliphatic heterocycles. The van der Waals surface area contributed by atoms with E-state index < -0.39 is 0 Å². The first-order chi connectivity index (χ1) is 9.69. The molecule has 1 unspecified atom stereocenters. The Bertz CT molecular complexity index is 674. The highest BCUT2D eigenvalue weighted by Crippen LogP contribution is 2.24. The molecule has 1 atom stereocenters. The smallest absolute Gasteiger partial charge is 0.130 e. The van der Waals surface area contributed by atoms with Crippen molar-refractivity contribution in [2.75, 3.05) is 31.6 Å². The van der Waals surface area contributed by atoms with Crippen LogP contribution >= 0.6 is 0 Å². The maximum Gasteiger partial charge on any atom is 0.130 e. The van der Waals surface area contributed by atoms with Gasteiger partial charge in [-0.1, -0.05) is 18.2 Å². The van der Waals surface area contributed by atoms with Crippen LogP contribution in [-0.2, 0) is 0 Å². The lowest BCUT2D eigenvalue weighted by Crippen LogP contribution is -2.50. The molecule has 2 aromatic rings. The Labute approximate surface area is 119 Å². The van der Waals surface area contributed by atoms with Crippen LogP contribution in [0.15, 0.2) is 30.3 Å². The van der Waals surface area contributed by atoms with Gasteiger partial charge in [0.2, 0.25) is 0 Å². The molecule has 1 aromatic heterocycles. The van der Waals surface area contributed by atoms with Crippen LogP contribution in [0.5, 0.6) is 0 Å². The largest absolute Gasteiger partial charge is 0.351 e. The maximum atomic E-state index is 9.36. The van der Waals surface area contributed by atoms with Gasteiger partial charge in [0.05, 0.1) is 17.1 Å². The van der Waals surface area contributed by atoms with Crippen LogP contribution in [-0.4, -0.2) is 42.6 Å². The van der Waals surface area contributed by atoms with Crippen molar-refractivity contribution in [3.63, 3.8) is 0 Å². The van der Waals surface area contributed by atoms with Gasteiger partial charge in [-0.25, -0.2) is 4.98 Å². The first-order valence-corrected chi connectivity index (χ1v) is 6.94. The topological polar surface area (TPSA) is 43.2 Å². The summed E-state index contributed by atoms with van der Waals surface area (Å²) in [6.45, 7) is 5.21. The predicted octanol–water partition coefficient (Wildman–Crippen LogP) is 2.25. The molecule has 102 valence electrons. The molecular formula is C16H18N4. The van der Waals surface area contributed by atoms with E-state index in [1.807, 2.05) is 30.3 Å². The van der Waals surface area contributed by atoms with E-state index in [1.54, 1.807) is 0 Å². The summed E-state index contributed by atoms with van der Waals surface area (Å²) in [6, 6.07) is 12.5. The third-order valence-electron chi connectivity index (χ3n) is 3.95. The predicted molar refractivity (Wildman–Crippen MR) is 80.8 cm³/mol. The Balaban J connectivity index is 2.06. The van der Waals surface area contributed by atoms with Gasteiger partial charge in [-0.05, 0) is 26.1 Å². The molecule has 0 radical (unpaired) electrons. The average molecular weight is 266 g/mol. The summed E-state index contributed by atoms with van der Waals surface area (Å²) in [7, 11) is 2.14. The standard InChI is InChI=1S/C16H18N4/c1-12-11-19(2)7-8-20(12)16-9-13(10-17)14-5-3-4-6-15(14)18-16/h3-6,9,12H,7-8,11H2,1-2H3. The van der Waals surface area contributed by atoms with Gasteiger partial charge >= 0.3 is 0 Å². The number of nitrogens with zero attached hydrogens (tertiary/aromatic N) is 4. The minimum atomic E-state index is 0.411. The number of para-hydroxylation sites is 1.